The van der Waals surface area contributed by atoms with Crippen molar-refractivity contribution >= 4 is 15.7 Å². The van der Waals surface area contributed by atoms with Crippen molar-refractivity contribution in [3.05, 3.63) is 34.1 Å². The molecule has 0 atom stereocenters. The van der Waals surface area contributed by atoms with Crippen LogP contribution >= 0.6 is 0 Å². The molecule has 1 saturated carbocycles. The molecule has 3 N–H and O–H groups in total. The molecule has 21 heavy (non-hydrogen) atoms. The van der Waals surface area contributed by atoms with Crippen LogP contribution in [-0.4, -0.2) is 25.4 Å². The average Bonchev–Trinajstić information content (AvgIpc) is 2.86. The molecule has 0 aromatic heterocycles. The monoisotopic (exact) mass is 317 g/mol. The lowest BCUT2D eigenvalue weighted by molar-refractivity contribution is -0.390. The number of para-hydroxylation sites is 1. The first-order chi connectivity index (χ1) is 9.81. The first-order valence-electron chi connectivity index (χ1n) is 6.48. The number of nitrogens with zero attached hydrogens (tertiary/aromatic N) is 1. The Morgan fingerprint density at radius 2 is 2.00 bits per heavy atom. The van der Waals surface area contributed by atoms with Gasteiger partial charge in [-0.2, -0.15) is 4.39 Å². The highest BCUT2D eigenvalue weighted by atomic mass is 32.2. The Balaban J connectivity index is 2.45. The predicted molar refractivity (Wildman–Crippen MR) is 73.6 cm³/mol. The zero-order valence-corrected chi connectivity index (χ0v) is 12.0. The van der Waals surface area contributed by atoms with Gasteiger partial charge in [0.1, 0.15) is 0 Å². The molecular formula is C12H16FN3O4S. The Labute approximate surface area is 121 Å². The van der Waals surface area contributed by atoms with Crippen molar-refractivity contribution in [1.29, 1.82) is 0 Å². The van der Waals surface area contributed by atoms with Crippen LogP contribution in [0, 0.1) is 15.9 Å². The lowest BCUT2D eigenvalue weighted by atomic mass is 10.0. The summed E-state index contributed by atoms with van der Waals surface area (Å²) in [7, 11) is -4.22. The minimum absolute atomic E-state index is 0.0926. The zero-order chi connectivity index (χ0) is 15.7. The molecule has 0 unspecified atom stereocenters. The van der Waals surface area contributed by atoms with E-state index in [0.29, 0.717) is 12.8 Å². The molecule has 1 fully saturated rings. The van der Waals surface area contributed by atoms with E-state index >= 15 is 0 Å². The van der Waals surface area contributed by atoms with Crippen molar-refractivity contribution in [2.75, 3.05) is 6.54 Å². The molecule has 0 amide bonds. The first-order valence-corrected chi connectivity index (χ1v) is 7.97. The summed E-state index contributed by atoms with van der Waals surface area (Å²) < 4.78 is 40.8. The topological polar surface area (TPSA) is 115 Å². The van der Waals surface area contributed by atoms with E-state index in [1.807, 2.05) is 0 Å². The van der Waals surface area contributed by atoms with Crippen LogP contribution < -0.4 is 10.5 Å². The van der Waals surface area contributed by atoms with E-state index in [1.54, 1.807) is 0 Å². The van der Waals surface area contributed by atoms with Gasteiger partial charge in [0.05, 0.1) is 4.92 Å². The van der Waals surface area contributed by atoms with Crippen LogP contribution in [-0.2, 0) is 10.0 Å². The van der Waals surface area contributed by atoms with Crippen LogP contribution in [0.25, 0.3) is 0 Å². The highest BCUT2D eigenvalue weighted by molar-refractivity contribution is 7.89. The number of hydrogen-bond donors (Lipinski definition) is 2. The number of nitrogens with one attached hydrogen (secondary N) is 1. The van der Waals surface area contributed by atoms with Gasteiger partial charge in [0.2, 0.25) is 15.8 Å². The van der Waals surface area contributed by atoms with Crippen molar-refractivity contribution in [3.8, 4) is 0 Å². The minimum atomic E-state index is -4.22. The summed E-state index contributed by atoms with van der Waals surface area (Å²) in [5.74, 6) is -1.18. The number of nitro groups is 1. The van der Waals surface area contributed by atoms with Crippen molar-refractivity contribution in [3.63, 3.8) is 0 Å². The molecule has 0 radical (unpaired) electrons. The van der Waals surface area contributed by atoms with Crippen molar-refractivity contribution < 1.29 is 17.7 Å². The molecular weight excluding hydrogens is 301 g/mol. The summed E-state index contributed by atoms with van der Waals surface area (Å²) in [5.41, 5.74) is 3.79. The van der Waals surface area contributed by atoms with Crippen LogP contribution in [0.4, 0.5) is 10.1 Å². The molecule has 0 saturated heterocycles. The second-order valence-electron chi connectivity index (χ2n) is 5.14. The summed E-state index contributed by atoms with van der Waals surface area (Å²) in [5, 5.41) is 10.9. The SMILES string of the molecule is NCC1(NS(=O)(=O)c2cccc(F)c2[N+](=O)[O-])CCCC1. The molecule has 0 spiro atoms. The maximum absolute atomic E-state index is 13.6. The molecule has 2 rings (SSSR count). The Kier molecular flexibility index (Phi) is 4.26. The van der Waals surface area contributed by atoms with Gasteiger partial charge in [0.25, 0.3) is 0 Å². The van der Waals surface area contributed by atoms with E-state index < -0.39 is 36.9 Å². The van der Waals surface area contributed by atoms with Crippen LogP contribution in [0.15, 0.2) is 23.1 Å². The van der Waals surface area contributed by atoms with Gasteiger partial charge < -0.3 is 5.73 Å². The Morgan fingerprint density at radius 1 is 1.38 bits per heavy atom. The third kappa shape index (κ3) is 3.04. The Bertz CT molecular complexity index is 656. The van der Waals surface area contributed by atoms with Crippen LogP contribution in [0.5, 0.6) is 0 Å². The smallest absolute Gasteiger partial charge is 0.324 e. The lowest BCUT2D eigenvalue weighted by Gasteiger charge is -2.28. The van der Waals surface area contributed by atoms with E-state index in [4.69, 9.17) is 5.73 Å². The van der Waals surface area contributed by atoms with E-state index in [9.17, 15) is 22.9 Å². The fraction of sp³-hybridized carbons (Fsp3) is 0.500. The van der Waals surface area contributed by atoms with Crippen molar-refractivity contribution in [2.45, 2.75) is 36.1 Å². The molecule has 7 nitrogen and oxygen atoms in total. The van der Waals surface area contributed by atoms with Gasteiger partial charge in [-0.15, -0.1) is 0 Å². The van der Waals surface area contributed by atoms with Gasteiger partial charge in [0, 0.05) is 12.1 Å². The second-order valence-corrected chi connectivity index (χ2v) is 6.79. The zero-order valence-electron chi connectivity index (χ0n) is 11.2. The van der Waals surface area contributed by atoms with Gasteiger partial charge in [-0.3, -0.25) is 10.1 Å². The van der Waals surface area contributed by atoms with E-state index in [-0.39, 0.29) is 6.54 Å². The summed E-state index contributed by atoms with van der Waals surface area (Å²) >= 11 is 0. The fourth-order valence-corrected chi connectivity index (χ4v) is 4.28. The van der Waals surface area contributed by atoms with Crippen molar-refractivity contribution in [2.24, 2.45) is 5.73 Å². The lowest BCUT2D eigenvalue weighted by Crippen LogP contribution is -2.51. The third-order valence-electron chi connectivity index (χ3n) is 3.72. The number of sulfonamides is 1. The number of halogens is 1. The van der Waals surface area contributed by atoms with Gasteiger partial charge in [-0.05, 0) is 25.0 Å². The van der Waals surface area contributed by atoms with E-state index in [2.05, 4.69) is 4.72 Å². The van der Waals surface area contributed by atoms with Crippen LogP contribution in [0.2, 0.25) is 0 Å². The van der Waals surface area contributed by atoms with Gasteiger partial charge in [-0.25, -0.2) is 13.1 Å². The molecule has 116 valence electrons. The molecule has 0 aliphatic heterocycles. The maximum Gasteiger partial charge on any atom is 0.324 e. The molecule has 1 aliphatic rings. The van der Waals surface area contributed by atoms with E-state index in [0.717, 1.165) is 31.0 Å². The number of rotatable bonds is 5. The fourth-order valence-electron chi connectivity index (χ4n) is 2.63. The normalized spacial score (nSPS) is 17.8. The van der Waals surface area contributed by atoms with Gasteiger partial charge >= 0.3 is 5.69 Å². The number of nitro benzene ring substituents is 1. The Morgan fingerprint density at radius 3 is 2.52 bits per heavy atom. The molecule has 0 heterocycles. The first kappa shape index (κ1) is 15.8. The number of hydrogen-bond acceptors (Lipinski definition) is 5. The summed E-state index contributed by atoms with van der Waals surface area (Å²) in [4.78, 5) is 9.22. The van der Waals surface area contributed by atoms with Crippen LogP contribution in [0.1, 0.15) is 25.7 Å². The molecule has 0 bridgehead atoms. The van der Waals surface area contributed by atoms with Gasteiger partial charge in [-0.1, -0.05) is 18.9 Å². The van der Waals surface area contributed by atoms with Gasteiger partial charge in [0.15, 0.2) is 4.90 Å². The standard InChI is InChI=1S/C12H16FN3O4S/c13-9-4-3-5-10(11(9)16(17)18)21(19,20)15-12(8-14)6-1-2-7-12/h3-5,15H,1-2,6-8,14H2. The largest absolute Gasteiger partial charge is 0.329 e. The summed E-state index contributed by atoms with van der Waals surface area (Å²) in [6.45, 7) is 0.0926. The second kappa shape index (κ2) is 5.66. The molecule has 1 aromatic rings. The molecule has 9 heteroatoms. The molecule has 1 aromatic carbocycles. The highest BCUT2D eigenvalue weighted by Crippen LogP contribution is 2.32. The number of benzene rings is 1. The highest BCUT2D eigenvalue weighted by Gasteiger charge is 2.39. The minimum Gasteiger partial charge on any atom is -0.329 e. The van der Waals surface area contributed by atoms with E-state index in [1.165, 1.54) is 0 Å². The number of nitrogens with two attached hydrogens (primary N) is 1. The quantitative estimate of drug-likeness (QED) is 0.627. The third-order valence-corrected chi connectivity index (χ3v) is 5.33. The average molecular weight is 317 g/mol. The Hall–Kier alpha value is -1.58. The summed E-state index contributed by atoms with van der Waals surface area (Å²) in [6, 6.07) is 2.99. The van der Waals surface area contributed by atoms with Crippen molar-refractivity contribution in [1.82, 2.24) is 4.72 Å². The molecule has 1 aliphatic carbocycles. The predicted octanol–water partition coefficient (Wildman–Crippen LogP) is 1.28. The summed E-state index contributed by atoms with van der Waals surface area (Å²) in [6.07, 6.45) is 2.77. The van der Waals surface area contributed by atoms with Crippen LogP contribution in [0.3, 0.4) is 0 Å². The maximum atomic E-state index is 13.6.